The Morgan fingerprint density at radius 1 is 1.30 bits per heavy atom. The number of oxime groups is 1. The SMILES string of the molecule is Cc1cccc(F)c1C(=O)N1CCC2(CC1)CC(C(=O)NC1CCC1)=NO2. The van der Waals surface area contributed by atoms with Gasteiger partial charge in [0.1, 0.15) is 17.1 Å². The molecular formula is C20H24FN3O3. The second-order valence-electron chi connectivity index (χ2n) is 7.81. The van der Waals surface area contributed by atoms with Gasteiger partial charge < -0.3 is 15.1 Å². The van der Waals surface area contributed by atoms with E-state index in [1.54, 1.807) is 24.0 Å². The predicted molar refractivity (Wildman–Crippen MR) is 97.9 cm³/mol. The number of nitrogens with one attached hydrogen (secondary N) is 1. The first-order valence-corrected chi connectivity index (χ1v) is 9.58. The largest absolute Gasteiger partial charge is 0.388 e. The molecule has 144 valence electrons. The molecule has 2 fully saturated rings. The molecule has 1 saturated carbocycles. The Hall–Kier alpha value is -2.44. The lowest BCUT2D eigenvalue weighted by atomic mass is 9.86. The summed E-state index contributed by atoms with van der Waals surface area (Å²) in [5.41, 5.74) is 0.688. The van der Waals surface area contributed by atoms with Crippen molar-refractivity contribution in [1.29, 1.82) is 0 Å². The lowest BCUT2D eigenvalue weighted by Crippen LogP contribution is -2.48. The van der Waals surface area contributed by atoms with E-state index in [9.17, 15) is 14.0 Å². The maximum Gasteiger partial charge on any atom is 0.269 e. The highest BCUT2D eigenvalue weighted by molar-refractivity contribution is 6.39. The van der Waals surface area contributed by atoms with Crippen LogP contribution in [0.4, 0.5) is 4.39 Å². The number of piperidine rings is 1. The summed E-state index contributed by atoms with van der Waals surface area (Å²) in [4.78, 5) is 32.3. The molecule has 2 heterocycles. The number of rotatable bonds is 3. The number of halogens is 1. The Morgan fingerprint density at radius 3 is 2.67 bits per heavy atom. The van der Waals surface area contributed by atoms with Gasteiger partial charge in [-0.05, 0) is 37.8 Å². The molecule has 0 unspecified atom stereocenters. The van der Waals surface area contributed by atoms with Crippen LogP contribution in [0.5, 0.6) is 0 Å². The van der Waals surface area contributed by atoms with Gasteiger partial charge in [-0.2, -0.15) is 0 Å². The van der Waals surface area contributed by atoms with Crippen molar-refractivity contribution in [3.63, 3.8) is 0 Å². The maximum absolute atomic E-state index is 14.1. The molecule has 1 aromatic rings. The second-order valence-corrected chi connectivity index (χ2v) is 7.81. The molecule has 4 rings (SSSR count). The van der Waals surface area contributed by atoms with Gasteiger partial charge in [0, 0.05) is 38.4 Å². The van der Waals surface area contributed by atoms with Gasteiger partial charge in [0.05, 0.1) is 5.56 Å². The quantitative estimate of drug-likeness (QED) is 0.885. The van der Waals surface area contributed by atoms with Crippen LogP contribution in [0.15, 0.2) is 23.4 Å². The van der Waals surface area contributed by atoms with Gasteiger partial charge in [0.2, 0.25) is 0 Å². The monoisotopic (exact) mass is 373 g/mol. The molecule has 1 aromatic carbocycles. The zero-order valence-corrected chi connectivity index (χ0v) is 15.5. The molecule has 0 radical (unpaired) electrons. The van der Waals surface area contributed by atoms with Crippen LogP contribution >= 0.6 is 0 Å². The lowest BCUT2D eigenvalue weighted by molar-refractivity contribution is -0.116. The summed E-state index contributed by atoms with van der Waals surface area (Å²) in [5, 5.41) is 7.01. The minimum absolute atomic E-state index is 0.137. The van der Waals surface area contributed by atoms with Gasteiger partial charge in [0.25, 0.3) is 11.8 Å². The van der Waals surface area contributed by atoms with Crippen LogP contribution in [0.2, 0.25) is 0 Å². The van der Waals surface area contributed by atoms with Gasteiger partial charge in [-0.1, -0.05) is 17.3 Å². The van der Waals surface area contributed by atoms with Crippen molar-refractivity contribution in [1.82, 2.24) is 10.2 Å². The lowest BCUT2D eigenvalue weighted by Gasteiger charge is -2.37. The van der Waals surface area contributed by atoms with Gasteiger partial charge in [0.15, 0.2) is 0 Å². The van der Waals surface area contributed by atoms with Gasteiger partial charge >= 0.3 is 0 Å². The van der Waals surface area contributed by atoms with E-state index >= 15 is 0 Å². The standard InChI is InChI=1S/C20H24FN3O3/c1-13-4-2-7-15(21)17(13)19(26)24-10-8-20(9-11-24)12-16(23-27-20)18(25)22-14-5-3-6-14/h2,4,7,14H,3,5-6,8-12H2,1H3,(H,22,25). The summed E-state index contributed by atoms with van der Waals surface area (Å²) >= 11 is 0. The third-order valence-corrected chi connectivity index (χ3v) is 5.94. The van der Waals surface area contributed by atoms with Crippen LogP contribution in [0.25, 0.3) is 0 Å². The zero-order valence-electron chi connectivity index (χ0n) is 15.5. The summed E-state index contributed by atoms with van der Waals surface area (Å²) in [5.74, 6) is -0.921. The highest BCUT2D eigenvalue weighted by Gasteiger charge is 2.45. The van der Waals surface area contributed by atoms with E-state index in [-0.39, 0.29) is 23.4 Å². The normalized spacial score (nSPS) is 21.4. The molecule has 1 saturated heterocycles. The molecule has 0 atom stereocenters. The fourth-order valence-corrected chi connectivity index (χ4v) is 3.91. The van der Waals surface area contributed by atoms with E-state index in [1.165, 1.54) is 6.07 Å². The van der Waals surface area contributed by atoms with Crippen LogP contribution in [-0.4, -0.2) is 47.2 Å². The Balaban J connectivity index is 1.35. The Kier molecular flexibility index (Phi) is 4.61. The van der Waals surface area contributed by atoms with E-state index in [2.05, 4.69) is 10.5 Å². The number of nitrogens with zero attached hydrogens (tertiary/aromatic N) is 2. The molecule has 6 nitrogen and oxygen atoms in total. The molecule has 27 heavy (non-hydrogen) atoms. The summed E-state index contributed by atoms with van der Waals surface area (Å²) < 4.78 is 14.1. The molecule has 1 spiro atoms. The van der Waals surface area contributed by atoms with E-state index in [1.807, 2.05) is 0 Å². The predicted octanol–water partition coefficient (Wildman–Crippen LogP) is 2.55. The van der Waals surface area contributed by atoms with Crippen molar-refractivity contribution in [3.8, 4) is 0 Å². The van der Waals surface area contributed by atoms with Gasteiger partial charge in [-0.3, -0.25) is 9.59 Å². The van der Waals surface area contributed by atoms with Crippen LogP contribution < -0.4 is 5.32 Å². The molecule has 2 aliphatic heterocycles. The van der Waals surface area contributed by atoms with Gasteiger partial charge in [-0.25, -0.2) is 4.39 Å². The minimum Gasteiger partial charge on any atom is -0.388 e. The first kappa shape index (κ1) is 17.9. The number of likely N-dealkylation sites (tertiary alicyclic amines) is 1. The first-order valence-electron chi connectivity index (χ1n) is 9.58. The molecule has 7 heteroatoms. The highest BCUT2D eigenvalue weighted by atomic mass is 19.1. The Morgan fingerprint density at radius 2 is 2.04 bits per heavy atom. The number of hydrogen-bond acceptors (Lipinski definition) is 4. The molecule has 1 N–H and O–H groups in total. The number of benzene rings is 1. The average Bonchev–Trinajstić information content (AvgIpc) is 3.02. The topological polar surface area (TPSA) is 71.0 Å². The average molecular weight is 373 g/mol. The van der Waals surface area contributed by atoms with E-state index < -0.39 is 11.4 Å². The summed E-state index contributed by atoms with van der Waals surface area (Å²) in [7, 11) is 0. The van der Waals surface area contributed by atoms with Crippen molar-refractivity contribution in [2.45, 2.75) is 57.1 Å². The summed E-state index contributed by atoms with van der Waals surface area (Å²) in [6.07, 6.45) is 4.83. The third kappa shape index (κ3) is 3.42. The first-order chi connectivity index (χ1) is 13.0. The second kappa shape index (κ2) is 6.94. The fraction of sp³-hybridized carbons (Fsp3) is 0.550. The zero-order chi connectivity index (χ0) is 19.0. The Bertz CT molecular complexity index is 775. The Labute approximate surface area is 157 Å². The molecule has 2 amide bonds. The van der Waals surface area contributed by atoms with Crippen LogP contribution in [0.1, 0.15) is 54.4 Å². The number of carbonyl (C=O) groups excluding carboxylic acids is 2. The summed E-state index contributed by atoms with van der Waals surface area (Å²) in [6, 6.07) is 4.92. The highest BCUT2D eigenvalue weighted by Crippen LogP contribution is 2.35. The van der Waals surface area contributed by atoms with Crippen molar-refractivity contribution in [3.05, 3.63) is 35.1 Å². The van der Waals surface area contributed by atoms with Gasteiger partial charge in [-0.15, -0.1) is 0 Å². The van der Waals surface area contributed by atoms with E-state index in [0.717, 1.165) is 19.3 Å². The van der Waals surface area contributed by atoms with Crippen molar-refractivity contribution in [2.24, 2.45) is 5.16 Å². The van der Waals surface area contributed by atoms with Crippen LogP contribution in [0.3, 0.4) is 0 Å². The van der Waals surface area contributed by atoms with Crippen LogP contribution in [0, 0.1) is 12.7 Å². The smallest absolute Gasteiger partial charge is 0.269 e. The number of hydrogen-bond donors (Lipinski definition) is 1. The third-order valence-electron chi connectivity index (χ3n) is 5.94. The molecule has 0 aromatic heterocycles. The molecular weight excluding hydrogens is 349 g/mol. The van der Waals surface area contributed by atoms with Crippen LogP contribution in [-0.2, 0) is 9.63 Å². The van der Waals surface area contributed by atoms with Crippen molar-refractivity contribution < 1.29 is 18.8 Å². The van der Waals surface area contributed by atoms with E-state index in [4.69, 9.17) is 4.84 Å². The fourth-order valence-electron chi connectivity index (χ4n) is 3.91. The minimum atomic E-state index is -0.520. The summed E-state index contributed by atoms with van der Waals surface area (Å²) in [6.45, 7) is 2.65. The van der Waals surface area contributed by atoms with E-state index in [0.29, 0.717) is 43.6 Å². The maximum atomic E-state index is 14.1. The molecule has 3 aliphatic rings. The number of aryl methyl sites for hydroxylation is 1. The molecule has 1 aliphatic carbocycles. The van der Waals surface area contributed by atoms with Crippen molar-refractivity contribution in [2.75, 3.05) is 13.1 Å². The van der Waals surface area contributed by atoms with Crippen molar-refractivity contribution >= 4 is 17.5 Å². The number of carbonyl (C=O) groups is 2. The molecule has 0 bridgehead atoms. The number of amides is 2.